The van der Waals surface area contributed by atoms with Gasteiger partial charge in [0.1, 0.15) is 0 Å². The SMILES string of the molecule is CCCCC[C@@H](C/C=N/N(C)C)C(O)(C(F)(F)F)C(F)(F)F. The van der Waals surface area contributed by atoms with Crippen molar-refractivity contribution in [2.45, 2.75) is 57.0 Å². The predicted molar refractivity (Wildman–Crippen MR) is 71.5 cm³/mol. The van der Waals surface area contributed by atoms with Gasteiger partial charge in [-0.2, -0.15) is 31.4 Å². The number of alkyl halides is 6. The molecule has 0 aromatic carbocycles. The van der Waals surface area contributed by atoms with Gasteiger partial charge in [0, 0.05) is 26.2 Å². The first-order chi connectivity index (χ1) is 9.88. The van der Waals surface area contributed by atoms with Crippen LogP contribution in [0.25, 0.3) is 0 Å². The van der Waals surface area contributed by atoms with Gasteiger partial charge in [0.25, 0.3) is 5.60 Å². The van der Waals surface area contributed by atoms with Crippen LogP contribution in [-0.4, -0.2) is 48.4 Å². The van der Waals surface area contributed by atoms with E-state index in [0.717, 1.165) is 6.21 Å². The number of halogens is 6. The van der Waals surface area contributed by atoms with Crippen molar-refractivity contribution in [2.75, 3.05) is 14.1 Å². The first-order valence-electron chi connectivity index (χ1n) is 6.93. The van der Waals surface area contributed by atoms with Gasteiger partial charge in [-0.25, -0.2) is 0 Å². The van der Waals surface area contributed by atoms with E-state index in [0.29, 0.717) is 12.8 Å². The van der Waals surface area contributed by atoms with Crippen LogP contribution in [0.1, 0.15) is 39.0 Å². The molecule has 0 aliphatic heterocycles. The summed E-state index contributed by atoms with van der Waals surface area (Å²) < 4.78 is 77.5. The van der Waals surface area contributed by atoms with Crippen molar-refractivity contribution in [2.24, 2.45) is 11.0 Å². The lowest BCUT2D eigenvalue weighted by molar-refractivity contribution is -0.384. The molecule has 0 saturated carbocycles. The Bertz CT molecular complexity index is 337. The summed E-state index contributed by atoms with van der Waals surface area (Å²) in [5, 5.41) is 14.4. The second-order valence-electron chi connectivity index (χ2n) is 5.34. The summed E-state index contributed by atoms with van der Waals surface area (Å²) in [5.74, 6) is -2.03. The van der Waals surface area contributed by atoms with Gasteiger partial charge in [0.05, 0.1) is 0 Å². The molecule has 1 N–H and O–H groups in total. The normalized spacial score (nSPS) is 15.4. The van der Waals surface area contributed by atoms with Gasteiger partial charge in [-0.05, 0) is 12.8 Å². The Hall–Kier alpha value is -0.990. The summed E-state index contributed by atoms with van der Waals surface area (Å²) in [7, 11) is 2.98. The minimum Gasteiger partial charge on any atom is -0.373 e. The fraction of sp³-hybridized carbons (Fsp3) is 0.923. The van der Waals surface area contributed by atoms with Crippen molar-refractivity contribution in [1.29, 1.82) is 0 Å². The number of rotatable bonds is 8. The lowest BCUT2D eigenvalue weighted by Crippen LogP contribution is -2.61. The zero-order chi connectivity index (χ0) is 17.6. The molecule has 0 amide bonds. The van der Waals surface area contributed by atoms with E-state index < -0.39 is 30.3 Å². The number of nitrogens with zero attached hydrogens (tertiary/aromatic N) is 2. The maximum Gasteiger partial charge on any atom is 0.426 e. The molecular formula is C13H22F6N2O. The third-order valence-corrected chi connectivity index (χ3v) is 3.31. The van der Waals surface area contributed by atoms with E-state index in [1.54, 1.807) is 6.92 Å². The average molecular weight is 336 g/mol. The highest BCUT2D eigenvalue weighted by molar-refractivity contribution is 5.57. The van der Waals surface area contributed by atoms with Crippen LogP contribution in [0.2, 0.25) is 0 Å². The third-order valence-electron chi connectivity index (χ3n) is 3.31. The second-order valence-corrected chi connectivity index (χ2v) is 5.34. The number of unbranched alkanes of at least 4 members (excludes halogenated alkanes) is 2. The highest BCUT2D eigenvalue weighted by atomic mass is 19.4. The van der Waals surface area contributed by atoms with Crippen LogP contribution < -0.4 is 0 Å². The van der Waals surface area contributed by atoms with Crippen LogP contribution in [0.3, 0.4) is 0 Å². The van der Waals surface area contributed by atoms with Gasteiger partial charge in [-0.15, -0.1) is 0 Å². The van der Waals surface area contributed by atoms with Gasteiger partial charge in [0.15, 0.2) is 0 Å². The van der Waals surface area contributed by atoms with Gasteiger partial charge in [-0.3, -0.25) is 0 Å². The topological polar surface area (TPSA) is 35.8 Å². The first-order valence-corrected chi connectivity index (χ1v) is 6.93. The maximum atomic E-state index is 12.9. The van der Waals surface area contributed by atoms with E-state index in [4.69, 9.17) is 0 Å². The lowest BCUT2D eigenvalue weighted by Gasteiger charge is -2.38. The van der Waals surface area contributed by atoms with Gasteiger partial charge < -0.3 is 10.1 Å². The first kappa shape index (κ1) is 21.0. The molecule has 0 rings (SSSR count). The molecule has 22 heavy (non-hydrogen) atoms. The van der Waals surface area contributed by atoms with Crippen molar-refractivity contribution in [3.8, 4) is 0 Å². The summed E-state index contributed by atoms with van der Waals surface area (Å²) in [6.45, 7) is 1.78. The van der Waals surface area contributed by atoms with E-state index in [1.807, 2.05) is 0 Å². The van der Waals surface area contributed by atoms with E-state index >= 15 is 0 Å². The minimum absolute atomic E-state index is 0.172. The van der Waals surface area contributed by atoms with Crippen LogP contribution in [-0.2, 0) is 0 Å². The van der Waals surface area contributed by atoms with Gasteiger partial charge in [-0.1, -0.05) is 26.2 Å². The summed E-state index contributed by atoms with van der Waals surface area (Å²) >= 11 is 0. The zero-order valence-electron chi connectivity index (χ0n) is 12.8. The molecular weight excluding hydrogens is 314 g/mol. The zero-order valence-corrected chi connectivity index (χ0v) is 12.8. The molecule has 0 bridgehead atoms. The Morgan fingerprint density at radius 1 is 1.05 bits per heavy atom. The van der Waals surface area contributed by atoms with E-state index in [1.165, 1.54) is 19.1 Å². The molecule has 0 unspecified atom stereocenters. The maximum absolute atomic E-state index is 12.9. The summed E-state index contributed by atoms with van der Waals surface area (Å²) in [4.78, 5) is 0. The Morgan fingerprint density at radius 3 is 1.91 bits per heavy atom. The quantitative estimate of drug-likeness (QED) is 0.315. The van der Waals surface area contributed by atoms with E-state index in [-0.39, 0.29) is 12.8 Å². The highest BCUT2D eigenvalue weighted by Gasteiger charge is 2.73. The van der Waals surface area contributed by atoms with Crippen molar-refractivity contribution in [3.63, 3.8) is 0 Å². The van der Waals surface area contributed by atoms with Crippen molar-refractivity contribution >= 4 is 6.21 Å². The number of aliphatic hydroxyl groups is 1. The average Bonchev–Trinajstić information content (AvgIpc) is 2.33. The monoisotopic (exact) mass is 336 g/mol. The molecule has 0 spiro atoms. The smallest absolute Gasteiger partial charge is 0.373 e. The fourth-order valence-electron chi connectivity index (χ4n) is 2.10. The summed E-state index contributed by atoms with van der Waals surface area (Å²) in [6, 6.07) is 0. The van der Waals surface area contributed by atoms with E-state index in [2.05, 4.69) is 5.10 Å². The van der Waals surface area contributed by atoms with Gasteiger partial charge in [0.2, 0.25) is 0 Å². The Balaban J connectivity index is 5.46. The molecule has 0 aromatic heterocycles. The molecule has 0 aliphatic rings. The molecule has 132 valence electrons. The molecule has 0 aliphatic carbocycles. The van der Waals surface area contributed by atoms with Gasteiger partial charge >= 0.3 is 12.4 Å². The Kier molecular flexibility index (Phi) is 7.67. The van der Waals surface area contributed by atoms with Crippen LogP contribution >= 0.6 is 0 Å². The van der Waals surface area contributed by atoms with Crippen molar-refractivity contribution < 1.29 is 31.4 Å². The molecule has 0 radical (unpaired) electrons. The number of hydrazone groups is 1. The molecule has 0 fully saturated rings. The molecule has 0 saturated heterocycles. The molecule has 0 heterocycles. The van der Waals surface area contributed by atoms with Crippen molar-refractivity contribution in [3.05, 3.63) is 0 Å². The van der Waals surface area contributed by atoms with Crippen LogP contribution in [0, 0.1) is 5.92 Å². The fourth-order valence-corrected chi connectivity index (χ4v) is 2.10. The molecule has 9 heteroatoms. The molecule has 0 aromatic rings. The minimum atomic E-state index is -5.80. The number of hydrogen-bond donors (Lipinski definition) is 1. The standard InChI is InChI=1S/C13H22F6N2O/c1-4-5-6-7-10(8-9-20-21(2)3)11(22,12(14,15)16)13(17,18)19/h9-10,22H,4-8H2,1-3H3/b20-9+/t10-/m0/s1. The summed E-state index contributed by atoms with van der Waals surface area (Å²) in [6.07, 6.45) is -10.3. The second kappa shape index (κ2) is 8.03. The van der Waals surface area contributed by atoms with Crippen LogP contribution in [0.5, 0.6) is 0 Å². The number of hydrogen-bond acceptors (Lipinski definition) is 3. The largest absolute Gasteiger partial charge is 0.426 e. The third kappa shape index (κ3) is 5.33. The lowest BCUT2D eigenvalue weighted by atomic mass is 9.80. The predicted octanol–water partition coefficient (Wildman–Crippen LogP) is 3.98. The summed E-state index contributed by atoms with van der Waals surface area (Å²) in [5.41, 5.74) is -4.73. The molecule has 1 atom stereocenters. The molecule has 3 nitrogen and oxygen atoms in total. The van der Waals surface area contributed by atoms with Crippen molar-refractivity contribution in [1.82, 2.24) is 5.01 Å². The van der Waals surface area contributed by atoms with E-state index in [9.17, 15) is 31.4 Å². The van der Waals surface area contributed by atoms with Crippen LogP contribution in [0.4, 0.5) is 26.3 Å². The Labute approximate surface area is 126 Å². The van der Waals surface area contributed by atoms with Crippen LogP contribution in [0.15, 0.2) is 5.10 Å². The Morgan fingerprint density at radius 2 is 1.55 bits per heavy atom. The highest BCUT2D eigenvalue weighted by Crippen LogP contribution is 2.49.